The van der Waals surface area contributed by atoms with E-state index in [0.29, 0.717) is 6.29 Å². The highest BCUT2D eigenvalue weighted by atomic mass is 127. The van der Waals surface area contributed by atoms with Gasteiger partial charge in [0, 0.05) is 0 Å². The second-order valence-corrected chi connectivity index (χ2v) is 18.3. The molecule has 0 aromatic carbocycles. The summed E-state index contributed by atoms with van der Waals surface area (Å²) in [6.45, 7) is 0. The molecule has 1 nitrogen and oxygen atoms in total. The van der Waals surface area contributed by atoms with Gasteiger partial charge in [0.25, 0.3) is 0 Å². The number of carbonyl (C=O) groups excluding carboxylic acids is 1. The number of hydrogen-bond donors (Lipinski definition) is 0. The van der Waals surface area contributed by atoms with Crippen LogP contribution in [0.5, 0.6) is 0 Å². The smallest absolute Gasteiger partial charge is 0.193 e. The van der Waals surface area contributed by atoms with Crippen molar-refractivity contribution in [1.29, 1.82) is 0 Å². The Balaban J connectivity index is 3.28. The maximum absolute atomic E-state index is 9.60. The van der Waals surface area contributed by atoms with E-state index in [1.807, 2.05) is 0 Å². The molecule has 0 fully saturated rings. The van der Waals surface area contributed by atoms with Gasteiger partial charge < -0.3 is 0 Å². The molecule has 0 atom stereocenters. The van der Waals surface area contributed by atoms with Crippen molar-refractivity contribution >= 4 is 64.2 Å². The predicted molar refractivity (Wildman–Crippen MR) is 56.4 cm³/mol. The molecule has 0 N–H and O–H groups in total. The van der Waals surface area contributed by atoms with Gasteiger partial charge in [-0.05, 0) is 66.6 Å². The third kappa shape index (κ3) is 7.47. The van der Waals surface area contributed by atoms with Crippen LogP contribution in [0.4, 0.5) is 0 Å². The van der Waals surface area contributed by atoms with E-state index in [0.717, 1.165) is 0 Å². The number of carbonyl (C=O) groups is 1. The minimum Gasteiger partial charge on any atom is -0.289 e. The first kappa shape index (κ1) is 9.47. The summed E-state index contributed by atoms with van der Waals surface area (Å²) in [7, 11) is 0. The van der Waals surface area contributed by atoms with Gasteiger partial charge in [-0.15, -0.1) is 0 Å². The Hall–Kier alpha value is 1.47. The highest BCUT2D eigenvalue weighted by Crippen LogP contribution is 2.64. The fourth-order valence-electron chi connectivity index (χ4n) is 0.0849. The highest BCUT2D eigenvalue weighted by molar-refractivity contribution is 14.3. The van der Waals surface area contributed by atoms with Gasteiger partial charge in [0.1, 0.15) is 0 Å². The van der Waals surface area contributed by atoms with Crippen LogP contribution in [0.1, 0.15) is 0 Å². The third-order valence-electron chi connectivity index (χ3n) is 0.233. The molecule has 0 aromatic heterocycles. The van der Waals surface area contributed by atoms with Gasteiger partial charge in [-0.25, -0.2) is 0 Å². The van der Waals surface area contributed by atoms with Crippen LogP contribution in [-0.2, 0) is 4.79 Å². The summed E-state index contributed by atoms with van der Waals surface area (Å²) in [5.74, 6) is 2.32. The molecule has 0 aromatic rings. The van der Waals surface area contributed by atoms with Crippen LogP contribution in [0.3, 0.4) is 0 Å². The molecule has 8 heavy (non-hydrogen) atoms. The summed E-state index contributed by atoms with van der Waals surface area (Å²) in [6, 6.07) is 0. The molecule has 0 aliphatic rings. The van der Waals surface area contributed by atoms with E-state index >= 15 is 0 Å². The Kier molecular flexibility index (Phi) is 7.80. The molecule has 44 valence electrons. The predicted octanol–water partition coefficient (Wildman–Crippen LogP) is 2.98. The standard InChI is InChI=1S/C3HI2OPS/c4-7(5)8-3-1-2-6/h2H. The molecule has 0 heterocycles. The van der Waals surface area contributed by atoms with Crippen LogP contribution in [0.25, 0.3) is 0 Å². The van der Waals surface area contributed by atoms with Crippen LogP contribution < -0.4 is 0 Å². The van der Waals surface area contributed by atoms with Crippen LogP contribution in [-0.4, -0.2) is 6.29 Å². The van der Waals surface area contributed by atoms with Gasteiger partial charge >= 0.3 is 0 Å². The summed E-state index contributed by atoms with van der Waals surface area (Å²) in [5, 5.41) is 2.65. The zero-order chi connectivity index (χ0) is 6.41. The molecule has 0 unspecified atom stereocenters. The molecule has 0 bridgehead atoms. The molecule has 0 aliphatic carbocycles. The fourth-order valence-corrected chi connectivity index (χ4v) is 2.39. The van der Waals surface area contributed by atoms with Crippen molar-refractivity contribution in [1.82, 2.24) is 0 Å². The molecule has 0 amide bonds. The summed E-state index contributed by atoms with van der Waals surface area (Å²) in [4.78, 5) is 9.60. The van der Waals surface area contributed by atoms with Crippen molar-refractivity contribution in [3.63, 3.8) is 0 Å². The summed E-state index contributed by atoms with van der Waals surface area (Å²) >= 11 is 6.06. The fraction of sp³-hybridized carbons (Fsp3) is 0. The van der Waals surface area contributed by atoms with E-state index in [1.54, 1.807) is 0 Å². The Labute approximate surface area is 79.2 Å². The second kappa shape index (κ2) is 6.59. The van der Waals surface area contributed by atoms with Crippen molar-refractivity contribution < 1.29 is 4.79 Å². The first-order valence-electron chi connectivity index (χ1n) is 1.50. The molecule has 0 aliphatic heterocycles. The minimum atomic E-state index is -0.0879. The van der Waals surface area contributed by atoms with Crippen molar-refractivity contribution in [3.8, 4) is 11.2 Å². The Morgan fingerprint density at radius 1 is 1.62 bits per heavy atom. The van der Waals surface area contributed by atoms with E-state index in [9.17, 15) is 4.79 Å². The van der Waals surface area contributed by atoms with Crippen molar-refractivity contribution in [2.24, 2.45) is 0 Å². The first-order chi connectivity index (χ1) is 3.77. The first-order valence-corrected chi connectivity index (χ1v) is 9.83. The minimum absolute atomic E-state index is 0.0879. The highest BCUT2D eigenvalue weighted by Gasteiger charge is 1.90. The van der Waals surface area contributed by atoms with Gasteiger partial charge in [0.15, 0.2) is 6.29 Å². The lowest BCUT2D eigenvalue weighted by Crippen LogP contribution is -1.52. The van der Waals surface area contributed by atoms with Crippen molar-refractivity contribution in [3.05, 3.63) is 0 Å². The Morgan fingerprint density at radius 3 is 2.62 bits per heavy atom. The summed E-state index contributed by atoms with van der Waals surface area (Å²) < 4.78 is -0.0879. The molecular weight excluding hydrogens is 369 g/mol. The summed E-state index contributed by atoms with van der Waals surface area (Å²) in [5.41, 5.74) is 0. The van der Waals surface area contributed by atoms with Gasteiger partial charge in [0.05, 0.1) is 2.41 Å². The number of aldehydes is 1. The number of hydrogen-bond acceptors (Lipinski definition) is 2. The van der Waals surface area contributed by atoms with Gasteiger partial charge in [-0.2, -0.15) is 0 Å². The normalized spacial score (nSPS) is 7.88. The zero-order valence-electron chi connectivity index (χ0n) is 3.60. The van der Waals surface area contributed by atoms with Crippen molar-refractivity contribution in [2.75, 3.05) is 0 Å². The van der Waals surface area contributed by atoms with E-state index < -0.39 is 0 Å². The quantitative estimate of drug-likeness (QED) is 0.306. The van der Waals surface area contributed by atoms with Gasteiger partial charge in [-0.3, -0.25) is 4.79 Å². The van der Waals surface area contributed by atoms with Crippen LogP contribution in [0.15, 0.2) is 0 Å². The van der Waals surface area contributed by atoms with Crippen LogP contribution in [0.2, 0.25) is 0 Å². The number of halogens is 2. The third-order valence-corrected chi connectivity index (χ3v) is 4.81. The molecule has 0 saturated carbocycles. The van der Waals surface area contributed by atoms with E-state index in [4.69, 9.17) is 0 Å². The lowest BCUT2D eigenvalue weighted by molar-refractivity contribution is -0.103. The van der Waals surface area contributed by atoms with Gasteiger partial charge in [-0.1, -0.05) is 0 Å². The van der Waals surface area contributed by atoms with E-state index in [1.165, 1.54) is 11.4 Å². The molecule has 0 radical (unpaired) electrons. The SMILES string of the molecule is O=CC#CSP(I)I. The van der Waals surface area contributed by atoms with Crippen LogP contribution >= 0.6 is 57.9 Å². The zero-order valence-corrected chi connectivity index (χ0v) is 9.62. The van der Waals surface area contributed by atoms with E-state index in [-0.39, 0.29) is 2.41 Å². The Morgan fingerprint density at radius 2 is 2.25 bits per heavy atom. The van der Waals surface area contributed by atoms with Gasteiger partial charge in [0.2, 0.25) is 0 Å². The topological polar surface area (TPSA) is 17.1 Å². The molecule has 0 saturated heterocycles. The molecule has 0 rings (SSSR count). The van der Waals surface area contributed by atoms with E-state index in [2.05, 4.69) is 55.3 Å². The summed E-state index contributed by atoms with van der Waals surface area (Å²) in [6.07, 6.45) is 0.610. The molecule has 0 spiro atoms. The largest absolute Gasteiger partial charge is 0.289 e. The maximum Gasteiger partial charge on any atom is 0.193 e. The average molecular weight is 370 g/mol. The van der Waals surface area contributed by atoms with Crippen LogP contribution in [0, 0.1) is 11.2 Å². The lowest BCUT2D eigenvalue weighted by atomic mass is 10.8. The maximum atomic E-state index is 9.60. The molecular formula is C3HI2OPS. The number of rotatable bonds is 1. The monoisotopic (exact) mass is 370 g/mol. The molecule has 5 heteroatoms. The second-order valence-electron chi connectivity index (χ2n) is 0.657. The Bertz CT molecular complexity index is 127. The average Bonchev–Trinajstić information content (AvgIpc) is 1.66. The van der Waals surface area contributed by atoms with Crippen molar-refractivity contribution in [2.45, 2.75) is 0 Å². The lowest BCUT2D eigenvalue weighted by Gasteiger charge is -1.85.